The summed E-state index contributed by atoms with van der Waals surface area (Å²) in [5.41, 5.74) is 3.67. The quantitative estimate of drug-likeness (QED) is 0.883. The molecule has 3 nitrogen and oxygen atoms in total. The van der Waals surface area contributed by atoms with Gasteiger partial charge in [0.15, 0.2) is 0 Å². The number of benzene rings is 2. The summed E-state index contributed by atoms with van der Waals surface area (Å²) in [7, 11) is 0. The largest absolute Gasteiger partial charge is 0.508 e. The Balaban J connectivity index is 2.00. The lowest BCUT2D eigenvalue weighted by atomic mass is 10.1. The molecule has 0 atom stereocenters. The Kier molecular flexibility index (Phi) is 4.07. The molecule has 2 N–H and O–H groups in total. The number of aromatic hydroxyl groups is 2. The van der Waals surface area contributed by atoms with Gasteiger partial charge in [-0.05, 0) is 26.0 Å². The van der Waals surface area contributed by atoms with Gasteiger partial charge in [-0.2, -0.15) is 0 Å². The maximum Gasteiger partial charge on any atom is 0.121 e. The zero-order valence-corrected chi connectivity index (χ0v) is 11.2. The molecule has 0 aromatic heterocycles. The minimum absolute atomic E-state index is 0.235. The molecule has 0 heterocycles. The number of ether oxygens (including phenoxy) is 1. The van der Waals surface area contributed by atoms with Gasteiger partial charge in [0, 0.05) is 11.1 Å². The van der Waals surface area contributed by atoms with Gasteiger partial charge in [0.25, 0.3) is 0 Å². The fourth-order valence-electron chi connectivity index (χ4n) is 1.93. The van der Waals surface area contributed by atoms with Gasteiger partial charge in [0.05, 0.1) is 13.2 Å². The van der Waals surface area contributed by atoms with E-state index in [1.807, 2.05) is 38.1 Å². The van der Waals surface area contributed by atoms with Crippen molar-refractivity contribution in [1.82, 2.24) is 0 Å². The third-order valence-electron chi connectivity index (χ3n) is 2.99. The average molecular weight is 258 g/mol. The average Bonchev–Trinajstić information content (AvgIpc) is 2.38. The Bertz CT molecular complexity index is 525. The van der Waals surface area contributed by atoms with E-state index in [1.165, 1.54) is 0 Å². The van der Waals surface area contributed by atoms with Crippen LogP contribution in [0.25, 0.3) is 0 Å². The molecule has 0 aliphatic rings. The maximum atomic E-state index is 9.70. The van der Waals surface area contributed by atoms with Crippen LogP contribution in [0.4, 0.5) is 0 Å². The van der Waals surface area contributed by atoms with E-state index in [0.717, 1.165) is 22.3 Å². The Morgan fingerprint density at radius 2 is 1.21 bits per heavy atom. The summed E-state index contributed by atoms with van der Waals surface area (Å²) in [4.78, 5) is 0. The van der Waals surface area contributed by atoms with Crippen molar-refractivity contribution in [2.45, 2.75) is 27.1 Å². The number of phenols is 2. The number of hydrogen-bond donors (Lipinski definition) is 2. The van der Waals surface area contributed by atoms with Crippen LogP contribution >= 0.6 is 0 Å². The predicted molar refractivity (Wildman–Crippen MR) is 74.2 cm³/mol. The molecule has 3 heteroatoms. The lowest BCUT2D eigenvalue weighted by molar-refractivity contribution is 0.104. The number of rotatable bonds is 4. The van der Waals surface area contributed by atoms with Crippen LogP contribution in [0.3, 0.4) is 0 Å². The summed E-state index contributed by atoms with van der Waals surface area (Å²) in [6.07, 6.45) is 0. The first-order chi connectivity index (χ1) is 9.06. The van der Waals surface area contributed by atoms with E-state index < -0.39 is 0 Å². The van der Waals surface area contributed by atoms with Crippen molar-refractivity contribution >= 4 is 0 Å². The highest BCUT2D eigenvalue weighted by atomic mass is 16.5. The monoisotopic (exact) mass is 258 g/mol. The SMILES string of the molecule is Cc1ccc(O)c(COCc2cc(C)ccc2O)c1. The summed E-state index contributed by atoms with van der Waals surface area (Å²) >= 11 is 0. The van der Waals surface area contributed by atoms with Crippen molar-refractivity contribution in [3.05, 3.63) is 58.7 Å². The van der Waals surface area contributed by atoms with Crippen molar-refractivity contribution < 1.29 is 14.9 Å². The van der Waals surface area contributed by atoms with Crippen molar-refractivity contribution in [2.75, 3.05) is 0 Å². The van der Waals surface area contributed by atoms with Crippen LogP contribution in [0.15, 0.2) is 36.4 Å². The molecule has 0 aliphatic carbocycles. The Hall–Kier alpha value is -2.00. The lowest BCUT2D eigenvalue weighted by Gasteiger charge is -2.09. The first-order valence-corrected chi connectivity index (χ1v) is 6.21. The summed E-state index contributed by atoms with van der Waals surface area (Å²) in [6.45, 7) is 4.58. The van der Waals surface area contributed by atoms with Crippen LogP contribution in [-0.2, 0) is 18.0 Å². The minimum Gasteiger partial charge on any atom is -0.508 e. The highest BCUT2D eigenvalue weighted by Gasteiger charge is 2.04. The van der Waals surface area contributed by atoms with E-state index in [4.69, 9.17) is 4.74 Å². The second-order valence-corrected chi connectivity index (χ2v) is 4.76. The van der Waals surface area contributed by atoms with Crippen molar-refractivity contribution in [3.8, 4) is 11.5 Å². The molecule has 2 rings (SSSR count). The van der Waals surface area contributed by atoms with E-state index in [9.17, 15) is 10.2 Å². The molecule has 0 radical (unpaired) electrons. The van der Waals surface area contributed by atoms with Gasteiger partial charge in [0.1, 0.15) is 11.5 Å². The maximum absolute atomic E-state index is 9.70. The normalized spacial score (nSPS) is 10.6. The van der Waals surface area contributed by atoms with E-state index in [-0.39, 0.29) is 11.5 Å². The van der Waals surface area contributed by atoms with Crippen LogP contribution < -0.4 is 0 Å². The van der Waals surface area contributed by atoms with Crippen LogP contribution in [0, 0.1) is 13.8 Å². The van der Waals surface area contributed by atoms with E-state index in [2.05, 4.69) is 0 Å². The van der Waals surface area contributed by atoms with E-state index in [0.29, 0.717) is 13.2 Å². The molecule has 19 heavy (non-hydrogen) atoms. The Labute approximate surface area is 113 Å². The first-order valence-electron chi connectivity index (χ1n) is 6.21. The van der Waals surface area contributed by atoms with Crippen molar-refractivity contribution in [2.24, 2.45) is 0 Å². The third kappa shape index (κ3) is 3.48. The van der Waals surface area contributed by atoms with Crippen LogP contribution in [-0.4, -0.2) is 10.2 Å². The van der Waals surface area contributed by atoms with Gasteiger partial charge < -0.3 is 14.9 Å². The summed E-state index contributed by atoms with van der Waals surface area (Å²) in [6, 6.07) is 10.8. The Morgan fingerprint density at radius 1 is 0.789 bits per heavy atom. The summed E-state index contributed by atoms with van der Waals surface area (Å²) in [5, 5.41) is 19.4. The van der Waals surface area contributed by atoms with Gasteiger partial charge in [-0.15, -0.1) is 0 Å². The first kappa shape index (κ1) is 13.4. The third-order valence-corrected chi connectivity index (χ3v) is 2.99. The Morgan fingerprint density at radius 3 is 1.63 bits per heavy atom. The predicted octanol–water partition coefficient (Wildman–Crippen LogP) is 3.43. The molecular formula is C16H18O3. The van der Waals surface area contributed by atoms with Crippen molar-refractivity contribution in [1.29, 1.82) is 0 Å². The fourth-order valence-corrected chi connectivity index (χ4v) is 1.93. The molecule has 100 valence electrons. The number of aryl methyl sites for hydroxylation is 2. The van der Waals surface area contributed by atoms with Gasteiger partial charge in [0.2, 0.25) is 0 Å². The molecule has 0 spiro atoms. The number of phenolic OH excluding ortho intramolecular Hbond substituents is 2. The molecular weight excluding hydrogens is 240 g/mol. The smallest absolute Gasteiger partial charge is 0.121 e. The van der Waals surface area contributed by atoms with Gasteiger partial charge in [-0.3, -0.25) is 0 Å². The topological polar surface area (TPSA) is 49.7 Å². The summed E-state index contributed by atoms with van der Waals surface area (Å²) in [5.74, 6) is 0.470. The lowest BCUT2D eigenvalue weighted by Crippen LogP contribution is -1.96. The highest BCUT2D eigenvalue weighted by Crippen LogP contribution is 2.22. The molecule has 0 saturated heterocycles. The molecule has 0 aliphatic heterocycles. The van der Waals surface area contributed by atoms with Gasteiger partial charge in [-0.1, -0.05) is 35.4 Å². The molecule has 0 fully saturated rings. The molecule has 0 bridgehead atoms. The van der Waals surface area contributed by atoms with Crippen LogP contribution in [0.2, 0.25) is 0 Å². The number of hydrogen-bond acceptors (Lipinski definition) is 3. The summed E-state index contributed by atoms with van der Waals surface area (Å²) < 4.78 is 5.56. The van der Waals surface area contributed by atoms with Gasteiger partial charge >= 0.3 is 0 Å². The van der Waals surface area contributed by atoms with E-state index >= 15 is 0 Å². The molecule has 2 aromatic rings. The second-order valence-electron chi connectivity index (χ2n) is 4.76. The fraction of sp³-hybridized carbons (Fsp3) is 0.250. The molecule has 2 aromatic carbocycles. The highest BCUT2D eigenvalue weighted by molar-refractivity contribution is 5.36. The zero-order chi connectivity index (χ0) is 13.8. The molecule has 0 saturated carbocycles. The molecule has 0 unspecified atom stereocenters. The van der Waals surface area contributed by atoms with Crippen LogP contribution in [0.1, 0.15) is 22.3 Å². The van der Waals surface area contributed by atoms with Crippen molar-refractivity contribution in [3.63, 3.8) is 0 Å². The zero-order valence-electron chi connectivity index (χ0n) is 11.2. The second kappa shape index (κ2) is 5.76. The molecule has 0 amide bonds. The van der Waals surface area contributed by atoms with Crippen LogP contribution in [0.5, 0.6) is 11.5 Å². The van der Waals surface area contributed by atoms with E-state index in [1.54, 1.807) is 12.1 Å². The standard InChI is InChI=1S/C16H18O3/c1-11-3-5-15(17)13(7-11)9-19-10-14-8-12(2)4-6-16(14)18/h3-8,17-18H,9-10H2,1-2H3. The minimum atomic E-state index is 0.235. The van der Waals surface area contributed by atoms with Gasteiger partial charge in [-0.25, -0.2) is 0 Å².